The number of likely N-dealkylation sites (tertiary alicyclic amines) is 1. The van der Waals surface area contributed by atoms with E-state index < -0.39 is 0 Å². The molecule has 1 saturated heterocycles. The first-order chi connectivity index (χ1) is 17.0. The zero-order chi connectivity index (χ0) is 24.5. The van der Waals surface area contributed by atoms with Gasteiger partial charge in [-0.2, -0.15) is 0 Å². The lowest BCUT2D eigenvalue weighted by Crippen LogP contribution is -2.48. The van der Waals surface area contributed by atoms with Crippen molar-refractivity contribution in [2.24, 2.45) is 5.41 Å². The molecule has 1 fully saturated rings. The number of hydrogen-bond acceptors (Lipinski definition) is 3. The quantitative estimate of drug-likeness (QED) is 0.606. The van der Waals surface area contributed by atoms with E-state index in [1.165, 1.54) is 11.1 Å². The van der Waals surface area contributed by atoms with Crippen molar-refractivity contribution in [3.63, 3.8) is 0 Å². The summed E-state index contributed by atoms with van der Waals surface area (Å²) in [5.41, 5.74) is 2.58. The van der Waals surface area contributed by atoms with Crippen molar-refractivity contribution in [2.45, 2.75) is 64.2 Å². The molecule has 2 aromatic rings. The molecule has 0 N–H and O–H groups in total. The van der Waals surface area contributed by atoms with E-state index >= 15 is 0 Å². The van der Waals surface area contributed by atoms with Crippen LogP contribution in [0.15, 0.2) is 54.6 Å². The van der Waals surface area contributed by atoms with E-state index in [-0.39, 0.29) is 17.2 Å². The number of para-hydroxylation sites is 1. The number of ether oxygens (including phenoxy) is 1. The van der Waals surface area contributed by atoms with Crippen molar-refractivity contribution in [3.8, 4) is 5.75 Å². The molecule has 0 saturated carbocycles. The Balaban J connectivity index is 1.37. The predicted octanol–water partition coefficient (Wildman–Crippen LogP) is 5.27. The summed E-state index contributed by atoms with van der Waals surface area (Å²) in [4.78, 5) is 29.7. The Morgan fingerprint density at radius 2 is 1.66 bits per heavy atom. The number of piperidine rings is 1. The Morgan fingerprint density at radius 1 is 0.914 bits per heavy atom. The number of benzene rings is 2. The van der Waals surface area contributed by atoms with Crippen LogP contribution in [0.1, 0.15) is 62.5 Å². The highest BCUT2D eigenvalue weighted by molar-refractivity contribution is 5.77. The summed E-state index contributed by atoms with van der Waals surface area (Å²) in [5, 5.41) is 0. The zero-order valence-electron chi connectivity index (χ0n) is 21.2. The standard InChI is InChI=1S/C30H40N2O3/c1-31-24-30(19-21-32(22-20-30)29(34)17-16-25-10-3-2-4-11-25)18-8-7-13-26-12-5-6-14-27(26)35-23-9-15-28(31)33/h2-6,10-12,14H,7-9,13,15-24H2,1H3. The zero-order valence-corrected chi connectivity index (χ0v) is 21.2. The van der Waals surface area contributed by atoms with Gasteiger partial charge in [-0.3, -0.25) is 9.59 Å². The summed E-state index contributed by atoms with van der Waals surface area (Å²) in [6.07, 6.45) is 8.90. The van der Waals surface area contributed by atoms with E-state index in [1.807, 2.05) is 42.3 Å². The Morgan fingerprint density at radius 3 is 2.46 bits per heavy atom. The van der Waals surface area contributed by atoms with Crippen molar-refractivity contribution < 1.29 is 14.3 Å². The monoisotopic (exact) mass is 476 g/mol. The van der Waals surface area contributed by atoms with Gasteiger partial charge in [0.25, 0.3) is 0 Å². The second-order valence-electron chi connectivity index (χ2n) is 10.4. The molecular weight excluding hydrogens is 436 g/mol. The van der Waals surface area contributed by atoms with E-state index in [0.717, 1.165) is 76.8 Å². The van der Waals surface area contributed by atoms with Gasteiger partial charge in [0.05, 0.1) is 6.61 Å². The van der Waals surface area contributed by atoms with Gasteiger partial charge in [-0.1, -0.05) is 55.0 Å². The van der Waals surface area contributed by atoms with Crippen molar-refractivity contribution >= 4 is 11.8 Å². The van der Waals surface area contributed by atoms with E-state index in [4.69, 9.17) is 4.74 Å². The maximum atomic E-state index is 12.9. The second-order valence-corrected chi connectivity index (χ2v) is 10.4. The first kappa shape index (κ1) is 25.3. The Hall–Kier alpha value is -2.82. The third-order valence-electron chi connectivity index (χ3n) is 7.81. The average molecular weight is 477 g/mol. The van der Waals surface area contributed by atoms with Crippen LogP contribution >= 0.6 is 0 Å². The van der Waals surface area contributed by atoms with Gasteiger partial charge in [0, 0.05) is 39.5 Å². The molecule has 2 aromatic carbocycles. The molecule has 0 bridgehead atoms. The summed E-state index contributed by atoms with van der Waals surface area (Å²) < 4.78 is 6.00. The molecule has 2 heterocycles. The number of rotatable bonds is 3. The number of carbonyl (C=O) groups is 2. The molecule has 0 aromatic heterocycles. The first-order valence-corrected chi connectivity index (χ1v) is 13.3. The van der Waals surface area contributed by atoms with Crippen LogP contribution in [0.25, 0.3) is 0 Å². The van der Waals surface area contributed by atoms with E-state index in [2.05, 4.69) is 29.2 Å². The van der Waals surface area contributed by atoms with Gasteiger partial charge in [0.15, 0.2) is 0 Å². The third kappa shape index (κ3) is 7.09. The molecule has 5 nitrogen and oxygen atoms in total. The smallest absolute Gasteiger partial charge is 0.222 e. The first-order valence-electron chi connectivity index (χ1n) is 13.3. The highest BCUT2D eigenvalue weighted by Crippen LogP contribution is 2.38. The van der Waals surface area contributed by atoms with Gasteiger partial charge < -0.3 is 14.5 Å². The Kier molecular flexibility index (Phi) is 8.84. The maximum Gasteiger partial charge on any atom is 0.222 e. The fourth-order valence-electron chi connectivity index (χ4n) is 5.63. The second kappa shape index (κ2) is 12.2. The van der Waals surface area contributed by atoms with Crippen LogP contribution in [-0.4, -0.2) is 54.9 Å². The maximum absolute atomic E-state index is 12.9. The van der Waals surface area contributed by atoms with Crippen molar-refractivity contribution in [1.29, 1.82) is 0 Å². The number of aryl methyl sites for hydroxylation is 2. The number of hydrogen-bond donors (Lipinski definition) is 0. The molecule has 0 unspecified atom stereocenters. The molecule has 0 atom stereocenters. The van der Waals surface area contributed by atoms with Crippen LogP contribution in [0.5, 0.6) is 5.75 Å². The van der Waals surface area contributed by atoms with Gasteiger partial charge in [0.2, 0.25) is 11.8 Å². The van der Waals surface area contributed by atoms with E-state index in [1.54, 1.807) is 0 Å². The van der Waals surface area contributed by atoms with E-state index in [9.17, 15) is 9.59 Å². The third-order valence-corrected chi connectivity index (χ3v) is 7.81. The molecule has 2 amide bonds. The largest absolute Gasteiger partial charge is 0.493 e. The van der Waals surface area contributed by atoms with Crippen molar-refractivity contribution in [2.75, 3.05) is 33.3 Å². The van der Waals surface area contributed by atoms with Crippen LogP contribution in [0.2, 0.25) is 0 Å². The summed E-state index contributed by atoms with van der Waals surface area (Å²) in [6.45, 7) is 2.95. The fourth-order valence-corrected chi connectivity index (χ4v) is 5.63. The van der Waals surface area contributed by atoms with Crippen molar-refractivity contribution in [3.05, 3.63) is 65.7 Å². The minimum absolute atomic E-state index is 0.0980. The number of fused-ring (bicyclic) bond motifs is 1. The van der Waals surface area contributed by atoms with Crippen LogP contribution in [0, 0.1) is 5.41 Å². The average Bonchev–Trinajstić information content (AvgIpc) is 2.89. The lowest BCUT2D eigenvalue weighted by atomic mass is 9.73. The van der Waals surface area contributed by atoms with Crippen LogP contribution < -0.4 is 4.74 Å². The molecular formula is C30H40N2O3. The predicted molar refractivity (Wildman–Crippen MR) is 139 cm³/mol. The molecule has 4 rings (SSSR count). The summed E-state index contributed by atoms with van der Waals surface area (Å²) >= 11 is 0. The van der Waals surface area contributed by atoms with Crippen LogP contribution in [-0.2, 0) is 22.4 Å². The molecule has 0 radical (unpaired) electrons. The normalized spacial score (nSPS) is 19.5. The molecule has 2 aliphatic rings. The fraction of sp³-hybridized carbons (Fsp3) is 0.533. The molecule has 2 aliphatic heterocycles. The highest BCUT2D eigenvalue weighted by atomic mass is 16.5. The van der Waals surface area contributed by atoms with Gasteiger partial charge in [0.1, 0.15) is 5.75 Å². The lowest BCUT2D eigenvalue weighted by molar-refractivity contribution is -0.136. The van der Waals surface area contributed by atoms with Crippen molar-refractivity contribution in [1.82, 2.24) is 9.80 Å². The number of carbonyl (C=O) groups excluding carboxylic acids is 2. The molecule has 188 valence electrons. The minimum Gasteiger partial charge on any atom is -0.493 e. The molecule has 1 spiro atoms. The molecule has 35 heavy (non-hydrogen) atoms. The van der Waals surface area contributed by atoms with E-state index in [0.29, 0.717) is 19.4 Å². The SMILES string of the molecule is CN1CC2(CCCCc3ccccc3OCCCC1=O)CCN(C(=O)CCc1ccccc1)CC2. The van der Waals surface area contributed by atoms with Gasteiger partial charge >= 0.3 is 0 Å². The Labute approximate surface area is 210 Å². The van der Waals surface area contributed by atoms with Crippen LogP contribution in [0.3, 0.4) is 0 Å². The summed E-state index contributed by atoms with van der Waals surface area (Å²) in [5.74, 6) is 1.41. The highest BCUT2D eigenvalue weighted by Gasteiger charge is 2.37. The molecule has 0 aliphatic carbocycles. The topological polar surface area (TPSA) is 49.9 Å². The summed E-state index contributed by atoms with van der Waals surface area (Å²) in [7, 11) is 1.95. The van der Waals surface area contributed by atoms with Gasteiger partial charge in [-0.15, -0.1) is 0 Å². The lowest BCUT2D eigenvalue weighted by Gasteiger charge is -2.44. The minimum atomic E-state index is 0.0980. The Bertz CT molecular complexity index is 967. The van der Waals surface area contributed by atoms with Gasteiger partial charge in [-0.25, -0.2) is 0 Å². The number of amides is 2. The van der Waals surface area contributed by atoms with Gasteiger partial charge in [-0.05, 0) is 67.6 Å². The summed E-state index contributed by atoms with van der Waals surface area (Å²) in [6, 6.07) is 18.5. The van der Waals surface area contributed by atoms with Crippen LogP contribution in [0.4, 0.5) is 0 Å². The number of nitrogens with zero attached hydrogens (tertiary/aromatic N) is 2. The molecule has 5 heteroatoms.